The number of amides is 1. The molecular formula is C28H32ClN3OS. The van der Waals surface area contributed by atoms with Gasteiger partial charge in [0.05, 0.1) is 0 Å². The van der Waals surface area contributed by atoms with Gasteiger partial charge in [0, 0.05) is 67.9 Å². The van der Waals surface area contributed by atoms with Crippen LogP contribution >= 0.6 is 23.4 Å². The van der Waals surface area contributed by atoms with E-state index in [1.165, 1.54) is 16.7 Å². The van der Waals surface area contributed by atoms with Crippen molar-refractivity contribution in [2.75, 3.05) is 38.5 Å². The monoisotopic (exact) mass is 493 g/mol. The van der Waals surface area contributed by atoms with E-state index in [0.717, 1.165) is 61.4 Å². The molecule has 0 spiro atoms. The third-order valence-electron chi connectivity index (χ3n) is 6.03. The van der Waals surface area contributed by atoms with Crippen LogP contribution in [0.1, 0.15) is 27.0 Å². The van der Waals surface area contributed by atoms with E-state index in [-0.39, 0.29) is 5.91 Å². The molecule has 1 heterocycles. The fourth-order valence-corrected chi connectivity index (χ4v) is 5.14. The van der Waals surface area contributed by atoms with Crippen LogP contribution in [0.25, 0.3) is 0 Å². The Morgan fingerprint density at radius 2 is 1.41 bits per heavy atom. The van der Waals surface area contributed by atoms with Crippen molar-refractivity contribution in [2.24, 2.45) is 0 Å². The molecule has 1 amide bonds. The first-order valence-corrected chi connectivity index (χ1v) is 13.4. The summed E-state index contributed by atoms with van der Waals surface area (Å²) in [6.45, 7) is 6.93. The van der Waals surface area contributed by atoms with E-state index in [0.29, 0.717) is 6.54 Å². The number of hydrogen-bond donors (Lipinski definition) is 1. The lowest BCUT2D eigenvalue weighted by molar-refractivity contribution is 0.0956. The van der Waals surface area contributed by atoms with E-state index in [2.05, 4.69) is 63.6 Å². The Morgan fingerprint density at radius 3 is 2.06 bits per heavy atom. The summed E-state index contributed by atoms with van der Waals surface area (Å²) in [5, 5.41) is 3.78. The Hall–Kier alpha value is -2.31. The smallest absolute Gasteiger partial charge is 0.251 e. The number of thioether (sulfide) groups is 1. The molecule has 1 fully saturated rings. The van der Waals surface area contributed by atoms with Gasteiger partial charge in [-0.05, 0) is 41.0 Å². The van der Waals surface area contributed by atoms with Gasteiger partial charge in [-0.15, -0.1) is 0 Å². The van der Waals surface area contributed by atoms with Crippen LogP contribution < -0.4 is 5.32 Å². The van der Waals surface area contributed by atoms with Crippen LogP contribution in [0.3, 0.4) is 0 Å². The van der Waals surface area contributed by atoms with Gasteiger partial charge in [-0.2, -0.15) is 11.8 Å². The summed E-state index contributed by atoms with van der Waals surface area (Å²) in [7, 11) is 0. The van der Waals surface area contributed by atoms with Crippen LogP contribution in [-0.4, -0.2) is 54.2 Å². The second-order valence-electron chi connectivity index (χ2n) is 8.67. The van der Waals surface area contributed by atoms with Gasteiger partial charge in [0.15, 0.2) is 0 Å². The minimum absolute atomic E-state index is 0.00979. The third kappa shape index (κ3) is 7.88. The molecule has 1 aliphatic rings. The Labute approximate surface area is 212 Å². The van der Waals surface area contributed by atoms with Gasteiger partial charge in [0.25, 0.3) is 5.91 Å². The zero-order valence-electron chi connectivity index (χ0n) is 19.5. The van der Waals surface area contributed by atoms with Gasteiger partial charge in [0.2, 0.25) is 0 Å². The number of rotatable bonds is 10. The second kappa shape index (κ2) is 13.0. The summed E-state index contributed by atoms with van der Waals surface area (Å²) in [6.07, 6.45) is 0. The molecule has 6 heteroatoms. The largest absolute Gasteiger partial charge is 0.351 e. The van der Waals surface area contributed by atoms with E-state index in [1.807, 2.05) is 30.3 Å². The molecule has 4 nitrogen and oxygen atoms in total. The van der Waals surface area contributed by atoms with Crippen molar-refractivity contribution >= 4 is 29.3 Å². The lowest BCUT2D eigenvalue weighted by atomic mass is 10.1. The molecule has 0 saturated carbocycles. The Bertz CT molecular complexity index is 1040. The minimum atomic E-state index is -0.00979. The standard InChI is InChI=1S/C28H32ClN3OS/c29-27-8-4-7-25(19-27)22-34-18-13-30-28(33)26-11-9-24(10-12-26)21-32-16-14-31(15-17-32)20-23-5-2-1-3-6-23/h1-12,19H,13-18,20-22H2,(H,30,33). The van der Waals surface area contributed by atoms with Crippen LogP contribution in [0.5, 0.6) is 0 Å². The van der Waals surface area contributed by atoms with E-state index in [9.17, 15) is 4.79 Å². The summed E-state index contributed by atoms with van der Waals surface area (Å²) >= 11 is 7.81. The van der Waals surface area contributed by atoms with Crippen LogP contribution in [0, 0.1) is 0 Å². The van der Waals surface area contributed by atoms with Crippen LogP contribution in [0.15, 0.2) is 78.9 Å². The first-order valence-electron chi connectivity index (χ1n) is 11.8. The van der Waals surface area contributed by atoms with E-state index < -0.39 is 0 Å². The van der Waals surface area contributed by atoms with Gasteiger partial charge in [0.1, 0.15) is 0 Å². The highest BCUT2D eigenvalue weighted by molar-refractivity contribution is 7.98. The number of nitrogens with one attached hydrogen (secondary N) is 1. The molecule has 0 atom stereocenters. The quantitative estimate of drug-likeness (QED) is 0.388. The SMILES string of the molecule is O=C(NCCSCc1cccc(Cl)c1)c1ccc(CN2CCN(Cc3ccccc3)CC2)cc1. The van der Waals surface area contributed by atoms with Gasteiger partial charge in [-0.25, -0.2) is 0 Å². The molecule has 1 aliphatic heterocycles. The van der Waals surface area contributed by atoms with Crippen molar-refractivity contribution in [1.29, 1.82) is 0 Å². The average molecular weight is 494 g/mol. The van der Waals surface area contributed by atoms with Crippen LogP contribution in [0.2, 0.25) is 5.02 Å². The Balaban J connectivity index is 1.13. The molecule has 0 unspecified atom stereocenters. The molecule has 3 aromatic carbocycles. The first-order chi connectivity index (χ1) is 16.7. The minimum Gasteiger partial charge on any atom is -0.351 e. The second-order valence-corrected chi connectivity index (χ2v) is 10.2. The van der Waals surface area contributed by atoms with Gasteiger partial charge in [-0.1, -0.05) is 66.2 Å². The molecule has 4 rings (SSSR count). The lowest BCUT2D eigenvalue weighted by Crippen LogP contribution is -2.45. The predicted molar refractivity (Wildman–Crippen MR) is 143 cm³/mol. The van der Waals surface area contributed by atoms with Crippen LogP contribution in [-0.2, 0) is 18.8 Å². The normalized spacial score (nSPS) is 14.7. The average Bonchev–Trinajstić information content (AvgIpc) is 2.86. The maximum absolute atomic E-state index is 12.5. The van der Waals surface area contributed by atoms with Gasteiger partial charge >= 0.3 is 0 Å². The van der Waals surface area contributed by atoms with Crippen molar-refractivity contribution in [2.45, 2.75) is 18.8 Å². The zero-order valence-corrected chi connectivity index (χ0v) is 21.0. The molecule has 34 heavy (non-hydrogen) atoms. The molecule has 1 N–H and O–H groups in total. The van der Waals surface area contributed by atoms with E-state index in [4.69, 9.17) is 11.6 Å². The van der Waals surface area contributed by atoms with Gasteiger partial charge in [-0.3, -0.25) is 14.6 Å². The number of carbonyl (C=O) groups excluding carboxylic acids is 1. The lowest BCUT2D eigenvalue weighted by Gasteiger charge is -2.34. The predicted octanol–water partition coefficient (Wildman–Crippen LogP) is 5.32. The summed E-state index contributed by atoms with van der Waals surface area (Å²) in [5.74, 6) is 1.75. The first kappa shape index (κ1) is 24.8. The Kier molecular flexibility index (Phi) is 9.45. The third-order valence-corrected chi connectivity index (χ3v) is 7.29. The number of hydrogen-bond acceptors (Lipinski definition) is 4. The number of nitrogens with zero attached hydrogens (tertiary/aromatic N) is 2. The molecule has 0 aromatic heterocycles. The van der Waals surface area contributed by atoms with E-state index in [1.54, 1.807) is 11.8 Å². The van der Waals surface area contributed by atoms with Crippen molar-refractivity contribution in [3.05, 3.63) is 106 Å². The van der Waals surface area contributed by atoms with Crippen molar-refractivity contribution in [3.63, 3.8) is 0 Å². The number of halogens is 1. The molecule has 1 saturated heterocycles. The molecule has 178 valence electrons. The fourth-order valence-electron chi connectivity index (χ4n) is 4.12. The summed E-state index contributed by atoms with van der Waals surface area (Å²) in [5.41, 5.74) is 4.56. The highest BCUT2D eigenvalue weighted by atomic mass is 35.5. The van der Waals surface area contributed by atoms with Gasteiger partial charge < -0.3 is 5.32 Å². The molecule has 3 aromatic rings. The maximum atomic E-state index is 12.5. The number of carbonyl (C=O) groups is 1. The highest BCUT2D eigenvalue weighted by Crippen LogP contribution is 2.16. The number of benzene rings is 3. The summed E-state index contributed by atoms with van der Waals surface area (Å²) < 4.78 is 0. The molecule has 0 bridgehead atoms. The summed E-state index contributed by atoms with van der Waals surface area (Å²) in [6, 6.07) is 26.6. The van der Waals surface area contributed by atoms with Crippen molar-refractivity contribution in [3.8, 4) is 0 Å². The summed E-state index contributed by atoms with van der Waals surface area (Å²) in [4.78, 5) is 17.5. The maximum Gasteiger partial charge on any atom is 0.251 e. The molecular weight excluding hydrogens is 462 g/mol. The fraction of sp³-hybridized carbons (Fsp3) is 0.321. The molecule has 0 radical (unpaired) electrons. The highest BCUT2D eigenvalue weighted by Gasteiger charge is 2.17. The topological polar surface area (TPSA) is 35.6 Å². The molecule has 0 aliphatic carbocycles. The van der Waals surface area contributed by atoms with Crippen molar-refractivity contribution < 1.29 is 4.79 Å². The van der Waals surface area contributed by atoms with E-state index >= 15 is 0 Å². The van der Waals surface area contributed by atoms with Crippen molar-refractivity contribution in [1.82, 2.24) is 15.1 Å². The zero-order chi connectivity index (χ0) is 23.6. The Morgan fingerprint density at radius 1 is 0.794 bits per heavy atom. The van der Waals surface area contributed by atoms with Crippen LogP contribution in [0.4, 0.5) is 0 Å². The number of piperazine rings is 1.